The first-order chi connectivity index (χ1) is 7.41. The van der Waals surface area contributed by atoms with Crippen molar-refractivity contribution < 1.29 is 15.0 Å². The van der Waals surface area contributed by atoms with Crippen LogP contribution in [0.5, 0.6) is 5.75 Å². The van der Waals surface area contributed by atoms with Crippen molar-refractivity contribution in [3.8, 4) is 5.75 Å². The molecule has 1 aromatic carbocycles. The predicted molar refractivity (Wildman–Crippen MR) is 61.6 cm³/mol. The van der Waals surface area contributed by atoms with Crippen molar-refractivity contribution in [2.45, 2.75) is 19.9 Å². The van der Waals surface area contributed by atoms with Crippen molar-refractivity contribution in [1.82, 2.24) is 4.90 Å². The molecular formula is C12H17NO3. The van der Waals surface area contributed by atoms with Crippen molar-refractivity contribution in [3.05, 3.63) is 28.8 Å². The van der Waals surface area contributed by atoms with Crippen molar-refractivity contribution in [3.63, 3.8) is 0 Å². The third-order valence-electron chi connectivity index (χ3n) is 2.42. The maximum Gasteiger partial charge on any atom is 0.307 e. The van der Waals surface area contributed by atoms with E-state index in [2.05, 4.69) is 0 Å². The number of hydrogen-bond acceptors (Lipinski definition) is 3. The number of carbonyl (C=O) groups is 1. The highest BCUT2D eigenvalue weighted by Crippen LogP contribution is 2.27. The summed E-state index contributed by atoms with van der Waals surface area (Å²) in [5, 5.41) is 18.7. The summed E-state index contributed by atoms with van der Waals surface area (Å²) in [7, 11) is 3.81. The number of phenolic OH excluding ortho intramolecular Hbond substituents is 1. The molecule has 16 heavy (non-hydrogen) atoms. The van der Waals surface area contributed by atoms with Crippen LogP contribution in [-0.4, -0.2) is 35.2 Å². The summed E-state index contributed by atoms with van der Waals surface area (Å²) in [6.45, 7) is 2.51. The summed E-state index contributed by atoms with van der Waals surface area (Å²) < 4.78 is 0. The number of carboxylic acid groups (broad SMARTS) is 1. The van der Waals surface area contributed by atoms with Crippen molar-refractivity contribution in [2.24, 2.45) is 0 Å². The first-order valence-electron chi connectivity index (χ1n) is 5.08. The molecule has 0 saturated carbocycles. The lowest BCUT2D eigenvalue weighted by Gasteiger charge is -2.15. The number of aliphatic carboxylic acids is 1. The average Bonchev–Trinajstić information content (AvgIpc) is 2.16. The zero-order valence-corrected chi connectivity index (χ0v) is 9.82. The zero-order chi connectivity index (χ0) is 12.3. The first kappa shape index (κ1) is 12.5. The van der Waals surface area contributed by atoms with E-state index in [9.17, 15) is 9.90 Å². The van der Waals surface area contributed by atoms with Gasteiger partial charge < -0.3 is 15.1 Å². The number of aryl methyl sites for hydroxylation is 1. The van der Waals surface area contributed by atoms with Gasteiger partial charge in [0, 0.05) is 17.7 Å². The second-order valence-corrected chi connectivity index (χ2v) is 4.18. The highest BCUT2D eigenvalue weighted by Gasteiger charge is 2.13. The lowest BCUT2D eigenvalue weighted by Crippen LogP contribution is -2.13. The molecule has 0 radical (unpaired) electrons. The normalized spacial score (nSPS) is 10.8. The van der Waals surface area contributed by atoms with Crippen LogP contribution in [0.4, 0.5) is 0 Å². The average molecular weight is 223 g/mol. The summed E-state index contributed by atoms with van der Waals surface area (Å²) in [4.78, 5) is 12.6. The van der Waals surface area contributed by atoms with E-state index in [1.165, 1.54) is 0 Å². The van der Waals surface area contributed by atoms with Gasteiger partial charge in [-0.25, -0.2) is 0 Å². The second-order valence-electron chi connectivity index (χ2n) is 4.18. The molecule has 4 heteroatoms. The molecule has 0 fully saturated rings. The van der Waals surface area contributed by atoms with Gasteiger partial charge in [0.05, 0.1) is 6.42 Å². The molecule has 0 heterocycles. The standard InChI is InChI=1S/C12H17NO3/c1-8-4-5-9(6-11(14)15)12(16)10(8)7-13(2)3/h4-5,16H,6-7H2,1-3H3,(H,14,15). The molecule has 0 aromatic heterocycles. The zero-order valence-electron chi connectivity index (χ0n) is 9.82. The van der Waals surface area contributed by atoms with Gasteiger partial charge in [0.15, 0.2) is 0 Å². The van der Waals surface area contributed by atoms with Gasteiger partial charge >= 0.3 is 5.97 Å². The van der Waals surface area contributed by atoms with Crippen molar-refractivity contribution in [2.75, 3.05) is 14.1 Å². The molecule has 4 nitrogen and oxygen atoms in total. The van der Waals surface area contributed by atoms with Gasteiger partial charge in [-0.05, 0) is 26.6 Å². The summed E-state index contributed by atoms with van der Waals surface area (Å²) in [6.07, 6.45) is -0.146. The summed E-state index contributed by atoms with van der Waals surface area (Å²) in [6, 6.07) is 3.51. The molecule has 88 valence electrons. The van der Waals surface area contributed by atoms with Crippen LogP contribution in [0.2, 0.25) is 0 Å². The Morgan fingerprint density at radius 2 is 2.00 bits per heavy atom. The minimum absolute atomic E-state index is 0.108. The minimum Gasteiger partial charge on any atom is -0.507 e. The minimum atomic E-state index is -0.935. The van der Waals surface area contributed by atoms with Crippen LogP contribution in [0, 0.1) is 6.92 Å². The molecular weight excluding hydrogens is 206 g/mol. The molecule has 0 spiro atoms. The van der Waals surface area contributed by atoms with E-state index in [-0.39, 0.29) is 12.2 Å². The van der Waals surface area contributed by atoms with Gasteiger partial charge in [-0.15, -0.1) is 0 Å². The number of rotatable bonds is 4. The lowest BCUT2D eigenvalue weighted by molar-refractivity contribution is -0.136. The summed E-state index contributed by atoms with van der Waals surface area (Å²) >= 11 is 0. The van der Waals surface area contributed by atoms with Gasteiger partial charge in [-0.2, -0.15) is 0 Å². The van der Waals surface area contributed by atoms with Crippen LogP contribution in [0.15, 0.2) is 12.1 Å². The number of hydrogen-bond donors (Lipinski definition) is 2. The number of phenols is 1. The van der Waals surface area contributed by atoms with Gasteiger partial charge in [0.25, 0.3) is 0 Å². The quantitative estimate of drug-likeness (QED) is 0.809. The molecule has 0 aliphatic heterocycles. The van der Waals surface area contributed by atoms with E-state index in [1.54, 1.807) is 6.07 Å². The fraction of sp³-hybridized carbons (Fsp3) is 0.417. The topological polar surface area (TPSA) is 60.8 Å². The molecule has 0 atom stereocenters. The summed E-state index contributed by atoms with van der Waals surface area (Å²) in [5.41, 5.74) is 2.24. The Kier molecular flexibility index (Phi) is 3.90. The Morgan fingerprint density at radius 3 is 2.50 bits per heavy atom. The van der Waals surface area contributed by atoms with E-state index in [0.717, 1.165) is 11.1 Å². The smallest absolute Gasteiger partial charge is 0.307 e. The van der Waals surface area contributed by atoms with Crippen LogP contribution < -0.4 is 0 Å². The maximum absolute atomic E-state index is 10.6. The second kappa shape index (κ2) is 4.99. The molecule has 0 bridgehead atoms. The molecule has 1 rings (SSSR count). The van der Waals surface area contributed by atoms with E-state index >= 15 is 0 Å². The monoisotopic (exact) mass is 223 g/mol. The first-order valence-corrected chi connectivity index (χ1v) is 5.08. The third-order valence-corrected chi connectivity index (χ3v) is 2.42. The van der Waals surface area contributed by atoms with Crippen molar-refractivity contribution >= 4 is 5.97 Å². The van der Waals surface area contributed by atoms with Crippen LogP contribution in [0.25, 0.3) is 0 Å². The highest BCUT2D eigenvalue weighted by atomic mass is 16.4. The van der Waals surface area contributed by atoms with Crippen LogP contribution in [0.3, 0.4) is 0 Å². The third kappa shape index (κ3) is 2.97. The summed E-state index contributed by atoms with van der Waals surface area (Å²) in [5.74, 6) is -0.828. The van der Waals surface area contributed by atoms with Gasteiger partial charge in [-0.1, -0.05) is 12.1 Å². The molecule has 0 saturated heterocycles. The number of carboxylic acids is 1. The number of nitrogens with zero attached hydrogens (tertiary/aromatic N) is 1. The molecule has 0 amide bonds. The largest absolute Gasteiger partial charge is 0.507 e. The van der Waals surface area contributed by atoms with E-state index in [4.69, 9.17) is 5.11 Å². The Labute approximate surface area is 95.1 Å². The predicted octanol–water partition coefficient (Wildman–Crippen LogP) is 1.39. The highest BCUT2D eigenvalue weighted by molar-refractivity contribution is 5.71. The van der Waals surface area contributed by atoms with Gasteiger partial charge in [0.1, 0.15) is 5.75 Å². The Balaban J connectivity index is 3.10. The fourth-order valence-electron chi connectivity index (χ4n) is 1.61. The molecule has 1 aromatic rings. The van der Waals surface area contributed by atoms with Crippen LogP contribution >= 0.6 is 0 Å². The lowest BCUT2D eigenvalue weighted by atomic mass is 10.0. The van der Waals surface area contributed by atoms with Gasteiger partial charge in [-0.3, -0.25) is 4.79 Å². The SMILES string of the molecule is Cc1ccc(CC(=O)O)c(O)c1CN(C)C. The molecule has 0 unspecified atom stereocenters. The number of aromatic hydroxyl groups is 1. The van der Waals surface area contributed by atoms with Crippen molar-refractivity contribution in [1.29, 1.82) is 0 Å². The van der Waals surface area contributed by atoms with E-state index < -0.39 is 5.97 Å². The Morgan fingerprint density at radius 1 is 1.38 bits per heavy atom. The Hall–Kier alpha value is -1.55. The van der Waals surface area contributed by atoms with Gasteiger partial charge in [0.2, 0.25) is 0 Å². The number of benzene rings is 1. The molecule has 0 aliphatic rings. The Bertz CT molecular complexity index is 399. The maximum atomic E-state index is 10.6. The van der Waals surface area contributed by atoms with Crippen LogP contribution in [0.1, 0.15) is 16.7 Å². The fourth-order valence-corrected chi connectivity index (χ4v) is 1.61. The van der Waals surface area contributed by atoms with Crippen LogP contribution in [-0.2, 0) is 17.8 Å². The molecule has 0 aliphatic carbocycles. The molecule has 2 N–H and O–H groups in total. The van der Waals surface area contributed by atoms with E-state index in [0.29, 0.717) is 12.1 Å². The van der Waals surface area contributed by atoms with E-state index in [1.807, 2.05) is 32.0 Å².